The van der Waals surface area contributed by atoms with Crippen molar-refractivity contribution in [3.05, 3.63) is 48.5 Å². The van der Waals surface area contributed by atoms with Crippen molar-refractivity contribution in [3.63, 3.8) is 0 Å². The fraction of sp³-hybridized carbons (Fsp3) is 0.741. The van der Waals surface area contributed by atoms with E-state index in [0.29, 0.717) is 35.8 Å². The van der Waals surface area contributed by atoms with E-state index in [9.17, 15) is 19.8 Å². The maximum absolute atomic E-state index is 12.1. The summed E-state index contributed by atoms with van der Waals surface area (Å²) in [6.07, 6.45) is 37.0. The first-order valence-corrected chi connectivity index (χ1v) is 25.8. The van der Waals surface area contributed by atoms with Crippen molar-refractivity contribution >= 4 is 11.9 Å². The first-order chi connectivity index (χ1) is 31.0. The highest BCUT2D eigenvalue weighted by Gasteiger charge is 2.22. The van der Waals surface area contributed by atoms with Crippen molar-refractivity contribution in [2.45, 2.75) is 232 Å². The third-order valence-corrected chi connectivity index (χ3v) is 11.9. The third kappa shape index (κ3) is 30.3. The van der Waals surface area contributed by atoms with Crippen LogP contribution in [0.25, 0.3) is 0 Å². The van der Waals surface area contributed by atoms with Crippen molar-refractivity contribution in [2.75, 3.05) is 26.4 Å². The lowest BCUT2D eigenvalue weighted by atomic mass is 10.0. The van der Waals surface area contributed by atoms with Gasteiger partial charge in [0.15, 0.2) is 35.2 Å². The van der Waals surface area contributed by atoms with Gasteiger partial charge in [0.2, 0.25) is 0 Å². The monoisotopic (exact) mass is 883 g/mol. The largest absolute Gasteiger partial charge is 0.487 e. The van der Waals surface area contributed by atoms with Crippen molar-refractivity contribution in [1.29, 1.82) is 0 Å². The van der Waals surface area contributed by atoms with Gasteiger partial charge < -0.3 is 33.9 Å². The second kappa shape index (κ2) is 40.1. The van der Waals surface area contributed by atoms with Crippen LogP contribution in [0.3, 0.4) is 0 Å². The molecule has 360 valence electrons. The molecule has 63 heavy (non-hydrogen) atoms. The van der Waals surface area contributed by atoms with Gasteiger partial charge in [-0.25, -0.2) is 9.59 Å². The molecule has 0 fully saturated rings. The third-order valence-electron chi connectivity index (χ3n) is 11.9. The number of unbranched alkanes of at least 4 members (excludes halogenated alkanes) is 28. The molecule has 2 unspecified atom stereocenters. The number of ether oxygens (including phenoxy) is 5. The van der Waals surface area contributed by atoms with Crippen LogP contribution in [-0.4, -0.2) is 60.8 Å². The number of carbonyl (C=O) groups is 2. The van der Waals surface area contributed by atoms with E-state index < -0.39 is 24.1 Å². The van der Waals surface area contributed by atoms with E-state index >= 15 is 0 Å². The summed E-state index contributed by atoms with van der Waals surface area (Å²) in [5.41, 5.74) is 0. The van der Waals surface area contributed by atoms with Crippen LogP contribution in [0.1, 0.15) is 219 Å². The van der Waals surface area contributed by atoms with Crippen molar-refractivity contribution < 1.29 is 43.5 Å². The Hall–Kier alpha value is -3.46. The maximum atomic E-state index is 12.1. The Bertz CT molecular complexity index is 1260. The van der Waals surface area contributed by atoms with Crippen LogP contribution >= 0.6 is 0 Å². The van der Waals surface area contributed by atoms with Gasteiger partial charge in [0.05, 0.1) is 13.2 Å². The molecule has 0 aliphatic heterocycles. The molecule has 2 atom stereocenters. The Kier molecular flexibility index (Phi) is 35.4. The van der Waals surface area contributed by atoms with Crippen LogP contribution in [0.15, 0.2) is 48.5 Å². The second-order valence-corrected chi connectivity index (χ2v) is 17.6. The van der Waals surface area contributed by atoms with E-state index in [2.05, 4.69) is 13.8 Å². The molecular weight excluding hydrogens is 793 g/mol. The summed E-state index contributed by atoms with van der Waals surface area (Å²) in [5.74, 6) is -0.171. The molecule has 0 amide bonds. The highest BCUT2D eigenvalue weighted by molar-refractivity contribution is 5.73. The van der Waals surface area contributed by atoms with Crippen molar-refractivity contribution in [2.24, 2.45) is 0 Å². The average molecular weight is 883 g/mol. The topological polar surface area (TPSA) is 121 Å². The molecule has 9 heteroatoms. The van der Waals surface area contributed by atoms with E-state index in [4.69, 9.17) is 23.7 Å². The van der Waals surface area contributed by atoms with Crippen LogP contribution in [-0.2, 0) is 14.3 Å². The summed E-state index contributed by atoms with van der Waals surface area (Å²) >= 11 is 0. The SMILES string of the molecule is CCCCCCCCCCCCCCCCCC(Oc1ccccc1OCCOCCOc1ccccc1OC(CCCCCCCCCCCCCCCCC)C(=O)O)C(=O)O. The standard InChI is InChI=1S/C54H90O9/c1-3-5-7-9-11-13-15-17-19-21-23-25-27-29-31-41-51(53(55)56)62-49-39-35-33-37-47(49)60-45-43-59-44-46-61-48-38-34-36-40-50(48)63-52(54(57)58)42-32-30-28-26-24-22-20-18-16-14-12-10-8-6-4-2/h33-40,51-52H,3-32,41-46H2,1-2H3,(H,55,56)(H,57,58). The molecule has 0 spiro atoms. The maximum Gasteiger partial charge on any atom is 0.344 e. The molecule has 0 aromatic heterocycles. The summed E-state index contributed by atoms with van der Waals surface area (Å²) in [4.78, 5) is 24.1. The Morgan fingerprint density at radius 3 is 0.905 bits per heavy atom. The van der Waals surface area contributed by atoms with Gasteiger partial charge in [0.1, 0.15) is 13.2 Å². The van der Waals surface area contributed by atoms with Crippen LogP contribution in [0.4, 0.5) is 0 Å². The predicted octanol–water partition coefficient (Wildman–Crippen LogP) is 15.3. The fourth-order valence-corrected chi connectivity index (χ4v) is 8.03. The molecule has 0 aliphatic carbocycles. The lowest BCUT2D eigenvalue weighted by molar-refractivity contribution is -0.146. The van der Waals surface area contributed by atoms with Gasteiger partial charge in [0.25, 0.3) is 0 Å². The number of hydrogen-bond acceptors (Lipinski definition) is 7. The van der Waals surface area contributed by atoms with E-state index in [1.54, 1.807) is 24.3 Å². The number of para-hydroxylation sites is 4. The molecule has 0 bridgehead atoms. The minimum atomic E-state index is -0.968. The number of benzene rings is 2. The van der Waals surface area contributed by atoms with Gasteiger partial charge in [-0.3, -0.25) is 0 Å². The Morgan fingerprint density at radius 1 is 0.381 bits per heavy atom. The van der Waals surface area contributed by atoms with Gasteiger partial charge in [-0.05, 0) is 49.9 Å². The van der Waals surface area contributed by atoms with Gasteiger partial charge >= 0.3 is 11.9 Å². The molecule has 2 rings (SSSR count). The Balaban J connectivity index is 1.58. The van der Waals surface area contributed by atoms with Crippen LogP contribution < -0.4 is 18.9 Å². The summed E-state index contributed by atoms with van der Waals surface area (Å²) in [6.45, 7) is 5.60. The van der Waals surface area contributed by atoms with Gasteiger partial charge in [-0.1, -0.05) is 218 Å². The van der Waals surface area contributed by atoms with Crippen LogP contribution in [0.2, 0.25) is 0 Å². The second-order valence-electron chi connectivity index (χ2n) is 17.6. The molecule has 0 heterocycles. The highest BCUT2D eigenvalue weighted by Crippen LogP contribution is 2.30. The van der Waals surface area contributed by atoms with E-state index in [0.717, 1.165) is 38.5 Å². The molecule has 2 N–H and O–H groups in total. The van der Waals surface area contributed by atoms with Crippen molar-refractivity contribution in [1.82, 2.24) is 0 Å². The zero-order chi connectivity index (χ0) is 45.3. The molecule has 0 saturated heterocycles. The van der Waals surface area contributed by atoms with Gasteiger partial charge in [-0.15, -0.1) is 0 Å². The van der Waals surface area contributed by atoms with Crippen molar-refractivity contribution in [3.8, 4) is 23.0 Å². The molecule has 0 saturated carbocycles. The molecule has 2 aromatic rings. The van der Waals surface area contributed by atoms with E-state index in [1.165, 1.54) is 154 Å². The van der Waals surface area contributed by atoms with Gasteiger partial charge in [-0.2, -0.15) is 0 Å². The minimum Gasteiger partial charge on any atom is -0.487 e. The summed E-state index contributed by atoms with van der Waals surface area (Å²) < 4.78 is 29.5. The lowest BCUT2D eigenvalue weighted by Gasteiger charge is -2.18. The van der Waals surface area contributed by atoms with Crippen LogP contribution in [0.5, 0.6) is 23.0 Å². The average Bonchev–Trinajstić information content (AvgIpc) is 3.28. The first kappa shape index (κ1) is 55.7. The molecule has 0 aliphatic rings. The smallest absolute Gasteiger partial charge is 0.344 e. The Labute approximate surface area is 383 Å². The Morgan fingerprint density at radius 2 is 0.635 bits per heavy atom. The number of carboxylic acids is 2. The number of hydrogen-bond donors (Lipinski definition) is 2. The number of rotatable bonds is 46. The molecule has 2 aromatic carbocycles. The van der Waals surface area contributed by atoms with Crippen LogP contribution in [0, 0.1) is 0 Å². The van der Waals surface area contributed by atoms with E-state index in [1.807, 2.05) is 24.3 Å². The number of aliphatic carboxylic acids is 2. The van der Waals surface area contributed by atoms with Gasteiger partial charge in [0, 0.05) is 0 Å². The molecular formula is C54H90O9. The zero-order valence-electron chi connectivity index (χ0n) is 40.0. The highest BCUT2D eigenvalue weighted by atomic mass is 16.6. The normalized spacial score (nSPS) is 12.2. The first-order valence-electron chi connectivity index (χ1n) is 25.8. The summed E-state index contributed by atoms with van der Waals surface area (Å²) in [5, 5.41) is 19.8. The van der Waals surface area contributed by atoms with E-state index in [-0.39, 0.29) is 26.4 Å². The molecule has 9 nitrogen and oxygen atoms in total. The molecule has 0 radical (unpaired) electrons. The quantitative estimate of drug-likeness (QED) is 0.0626. The predicted molar refractivity (Wildman–Crippen MR) is 258 cm³/mol. The zero-order valence-corrected chi connectivity index (χ0v) is 40.0. The minimum absolute atomic E-state index is 0.246. The summed E-state index contributed by atoms with van der Waals surface area (Å²) in [7, 11) is 0. The summed E-state index contributed by atoms with van der Waals surface area (Å²) in [6, 6.07) is 14.3. The lowest BCUT2D eigenvalue weighted by Crippen LogP contribution is -2.27. The fourth-order valence-electron chi connectivity index (χ4n) is 8.03. The number of carboxylic acid groups (broad SMARTS) is 2.